The third kappa shape index (κ3) is 1.88. The quantitative estimate of drug-likeness (QED) is 0.754. The van der Waals surface area contributed by atoms with Crippen LogP contribution in [-0.4, -0.2) is 5.16 Å². The molecular weight excluding hydrogens is 284 g/mol. The van der Waals surface area contributed by atoms with Crippen molar-refractivity contribution in [3.05, 3.63) is 39.9 Å². The highest BCUT2D eigenvalue weighted by Crippen LogP contribution is 2.19. The van der Waals surface area contributed by atoms with Gasteiger partial charge in [-0.2, -0.15) is 0 Å². The summed E-state index contributed by atoms with van der Waals surface area (Å²) < 4.78 is 18.2. The molecule has 0 bridgehead atoms. The Kier molecular flexibility index (Phi) is 2.30. The molecule has 2 nitrogen and oxygen atoms in total. The molecule has 2 aromatic rings. The molecule has 0 unspecified atom stereocenters. The first kappa shape index (κ1) is 8.68. The SMILES string of the molecule is Fc1ccc(-c2cc(I)on2)cc1. The summed E-state index contributed by atoms with van der Waals surface area (Å²) in [6.07, 6.45) is 0. The standard InChI is InChI=1S/C9H5FINO/c10-7-3-1-6(2-4-7)8-5-9(11)13-12-8/h1-5H. The summed E-state index contributed by atoms with van der Waals surface area (Å²) in [5.41, 5.74) is 1.58. The molecule has 0 atom stereocenters. The fraction of sp³-hybridized carbons (Fsp3) is 0. The van der Waals surface area contributed by atoms with Gasteiger partial charge in [-0.3, -0.25) is 0 Å². The van der Waals surface area contributed by atoms with Crippen molar-refractivity contribution in [3.63, 3.8) is 0 Å². The second-order valence-electron chi connectivity index (χ2n) is 2.52. The topological polar surface area (TPSA) is 26.0 Å². The number of rotatable bonds is 1. The third-order valence-electron chi connectivity index (χ3n) is 1.62. The lowest BCUT2D eigenvalue weighted by Crippen LogP contribution is -1.77. The van der Waals surface area contributed by atoms with E-state index < -0.39 is 0 Å². The van der Waals surface area contributed by atoms with Gasteiger partial charge in [-0.25, -0.2) is 4.39 Å². The largest absolute Gasteiger partial charge is 0.350 e. The Balaban J connectivity index is 2.41. The maximum Gasteiger partial charge on any atom is 0.196 e. The van der Waals surface area contributed by atoms with Crippen LogP contribution in [0.1, 0.15) is 0 Å². The van der Waals surface area contributed by atoms with Crippen LogP contribution in [-0.2, 0) is 0 Å². The summed E-state index contributed by atoms with van der Waals surface area (Å²) in [4.78, 5) is 0. The van der Waals surface area contributed by atoms with E-state index in [4.69, 9.17) is 4.52 Å². The predicted molar refractivity (Wildman–Crippen MR) is 54.6 cm³/mol. The van der Waals surface area contributed by atoms with E-state index in [0.717, 1.165) is 15.0 Å². The van der Waals surface area contributed by atoms with Gasteiger partial charge in [0.15, 0.2) is 3.77 Å². The molecule has 4 heteroatoms. The molecule has 2 rings (SSSR count). The third-order valence-corrected chi connectivity index (χ3v) is 2.13. The van der Waals surface area contributed by atoms with E-state index in [1.54, 1.807) is 18.2 Å². The average Bonchev–Trinajstić information content (AvgIpc) is 2.53. The van der Waals surface area contributed by atoms with Gasteiger partial charge in [0.2, 0.25) is 0 Å². The zero-order chi connectivity index (χ0) is 9.26. The van der Waals surface area contributed by atoms with Crippen LogP contribution in [0.25, 0.3) is 11.3 Å². The van der Waals surface area contributed by atoms with Gasteiger partial charge in [-0.1, -0.05) is 5.16 Å². The van der Waals surface area contributed by atoms with Crippen molar-refractivity contribution in [1.29, 1.82) is 0 Å². The Morgan fingerprint density at radius 2 is 1.92 bits per heavy atom. The van der Waals surface area contributed by atoms with E-state index >= 15 is 0 Å². The molecule has 0 saturated heterocycles. The zero-order valence-corrected chi connectivity index (χ0v) is 8.66. The lowest BCUT2D eigenvalue weighted by atomic mass is 10.1. The van der Waals surface area contributed by atoms with Gasteiger partial charge in [0.25, 0.3) is 0 Å². The number of halogens is 2. The monoisotopic (exact) mass is 289 g/mol. The second-order valence-corrected chi connectivity index (χ2v) is 3.59. The molecule has 0 radical (unpaired) electrons. The summed E-state index contributed by atoms with van der Waals surface area (Å²) in [6, 6.07) is 7.94. The summed E-state index contributed by atoms with van der Waals surface area (Å²) in [5, 5.41) is 3.81. The lowest BCUT2D eigenvalue weighted by molar-refractivity contribution is 0.400. The number of benzene rings is 1. The highest BCUT2D eigenvalue weighted by molar-refractivity contribution is 14.1. The van der Waals surface area contributed by atoms with E-state index in [1.165, 1.54) is 12.1 Å². The van der Waals surface area contributed by atoms with Crippen molar-refractivity contribution in [2.24, 2.45) is 0 Å². The number of aromatic nitrogens is 1. The Labute approximate surface area is 87.9 Å². The molecular formula is C9H5FINO. The lowest BCUT2D eigenvalue weighted by Gasteiger charge is -1.92. The molecule has 0 amide bonds. The molecule has 0 spiro atoms. The van der Waals surface area contributed by atoms with Crippen molar-refractivity contribution >= 4 is 22.6 Å². The molecule has 1 heterocycles. The smallest absolute Gasteiger partial charge is 0.196 e. The molecule has 0 N–H and O–H groups in total. The molecule has 1 aromatic carbocycles. The first-order valence-corrected chi connectivity index (χ1v) is 4.72. The fourth-order valence-electron chi connectivity index (χ4n) is 1.01. The van der Waals surface area contributed by atoms with E-state index in [9.17, 15) is 4.39 Å². The molecule has 0 aliphatic heterocycles. The van der Waals surface area contributed by atoms with Crippen molar-refractivity contribution in [1.82, 2.24) is 5.16 Å². The minimum Gasteiger partial charge on any atom is -0.350 e. The molecule has 1 aromatic heterocycles. The Morgan fingerprint density at radius 3 is 2.46 bits per heavy atom. The van der Waals surface area contributed by atoms with Gasteiger partial charge >= 0.3 is 0 Å². The minimum absolute atomic E-state index is 0.248. The molecule has 13 heavy (non-hydrogen) atoms. The van der Waals surface area contributed by atoms with Gasteiger partial charge in [-0.05, 0) is 24.3 Å². The van der Waals surface area contributed by atoms with E-state index in [1.807, 2.05) is 22.6 Å². The summed E-state index contributed by atoms with van der Waals surface area (Å²) >= 11 is 2.03. The zero-order valence-electron chi connectivity index (χ0n) is 6.50. The Hall–Kier alpha value is -0.910. The van der Waals surface area contributed by atoms with Crippen LogP contribution in [0.15, 0.2) is 34.9 Å². The highest BCUT2D eigenvalue weighted by Gasteiger charge is 2.03. The Bertz CT molecular complexity index is 410. The highest BCUT2D eigenvalue weighted by atomic mass is 127. The van der Waals surface area contributed by atoms with Crippen LogP contribution in [0.5, 0.6) is 0 Å². The summed E-state index contributed by atoms with van der Waals surface area (Å²) in [6.45, 7) is 0. The molecule has 0 aliphatic carbocycles. The van der Waals surface area contributed by atoms with Crippen molar-refractivity contribution in [2.45, 2.75) is 0 Å². The average molecular weight is 289 g/mol. The Morgan fingerprint density at radius 1 is 1.23 bits per heavy atom. The second kappa shape index (κ2) is 3.45. The van der Waals surface area contributed by atoms with Crippen molar-refractivity contribution < 1.29 is 8.91 Å². The first-order chi connectivity index (χ1) is 6.25. The fourth-order valence-corrected chi connectivity index (χ4v) is 1.40. The van der Waals surface area contributed by atoms with Crippen LogP contribution in [0.2, 0.25) is 0 Å². The predicted octanol–water partition coefficient (Wildman–Crippen LogP) is 3.09. The minimum atomic E-state index is -0.248. The van der Waals surface area contributed by atoms with Crippen LogP contribution in [0.3, 0.4) is 0 Å². The van der Waals surface area contributed by atoms with Gasteiger partial charge in [0.05, 0.1) is 0 Å². The van der Waals surface area contributed by atoms with E-state index in [-0.39, 0.29) is 5.82 Å². The van der Waals surface area contributed by atoms with Crippen molar-refractivity contribution in [2.75, 3.05) is 0 Å². The molecule has 0 fully saturated rings. The molecule has 66 valence electrons. The van der Waals surface area contributed by atoms with Crippen LogP contribution in [0.4, 0.5) is 4.39 Å². The normalized spacial score (nSPS) is 10.3. The maximum absolute atomic E-state index is 12.6. The first-order valence-electron chi connectivity index (χ1n) is 3.64. The van der Waals surface area contributed by atoms with E-state index in [0.29, 0.717) is 0 Å². The van der Waals surface area contributed by atoms with Crippen molar-refractivity contribution in [3.8, 4) is 11.3 Å². The van der Waals surface area contributed by atoms with Gasteiger partial charge in [0.1, 0.15) is 11.5 Å². The van der Waals surface area contributed by atoms with Crippen LogP contribution < -0.4 is 0 Å². The van der Waals surface area contributed by atoms with Gasteiger partial charge in [-0.15, -0.1) is 0 Å². The van der Waals surface area contributed by atoms with Gasteiger partial charge in [0, 0.05) is 34.2 Å². The summed E-state index contributed by atoms with van der Waals surface area (Å²) in [7, 11) is 0. The van der Waals surface area contributed by atoms with Gasteiger partial charge < -0.3 is 4.52 Å². The number of hydrogen-bond donors (Lipinski definition) is 0. The van der Waals surface area contributed by atoms with Crippen LogP contribution >= 0.6 is 22.6 Å². The maximum atomic E-state index is 12.6. The van der Waals surface area contributed by atoms with Crippen LogP contribution in [0, 0.1) is 9.58 Å². The van der Waals surface area contributed by atoms with E-state index in [2.05, 4.69) is 5.16 Å². The number of hydrogen-bond acceptors (Lipinski definition) is 2. The molecule has 0 aliphatic rings. The number of nitrogens with zero attached hydrogens (tertiary/aromatic N) is 1. The molecule has 0 saturated carbocycles. The summed E-state index contributed by atoms with van der Waals surface area (Å²) in [5.74, 6) is -0.248.